The van der Waals surface area contributed by atoms with Crippen molar-refractivity contribution in [2.24, 2.45) is 0 Å². The van der Waals surface area contributed by atoms with E-state index in [4.69, 9.17) is 0 Å². The van der Waals surface area contributed by atoms with Crippen LogP contribution in [0.3, 0.4) is 0 Å². The predicted molar refractivity (Wildman–Crippen MR) is 66.9 cm³/mol. The molecule has 0 bridgehead atoms. The highest BCUT2D eigenvalue weighted by molar-refractivity contribution is 5.94. The number of nitrogens with zero attached hydrogens (tertiary/aromatic N) is 2. The molecule has 2 heterocycles. The predicted octanol–water partition coefficient (Wildman–Crippen LogP) is 1.33. The molecule has 17 heavy (non-hydrogen) atoms. The van der Waals surface area contributed by atoms with E-state index in [1.807, 2.05) is 10.7 Å². The van der Waals surface area contributed by atoms with Gasteiger partial charge in [0.2, 0.25) is 5.91 Å². The molecule has 0 aliphatic carbocycles. The Balaban J connectivity index is 2.08. The highest BCUT2D eigenvalue weighted by Crippen LogP contribution is 2.19. The number of anilines is 1. The van der Waals surface area contributed by atoms with Crippen LogP contribution in [0.4, 0.5) is 5.82 Å². The third-order valence-corrected chi connectivity index (χ3v) is 2.91. The van der Waals surface area contributed by atoms with Crippen molar-refractivity contribution in [1.82, 2.24) is 15.1 Å². The average Bonchev–Trinajstić information content (AvgIpc) is 2.85. The van der Waals surface area contributed by atoms with Crippen molar-refractivity contribution in [3.8, 4) is 0 Å². The van der Waals surface area contributed by atoms with Gasteiger partial charge in [0.25, 0.3) is 0 Å². The van der Waals surface area contributed by atoms with Crippen LogP contribution in [0.1, 0.15) is 33.6 Å². The number of amides is 1. The van der Waals surface area contributed by atoms with Crippen molar-refractivity contribution < 1.29 is 4.79 Å². The number of aromatic nitrogens is 2. The molecule has 1 aromatic heterocycles. The number of hydrogen-bond acceptors (Lipinski definition) is 3. The van der Waals surface area contributed by atoms with Crippen LogP contribution in [0.25, 0.3) is 0 Å². The van der Waals surface area contributed by atoms with Crippen LogP contribution < -0.4 is 10.6 Å². The van der Waals surface area contributed by atoms with Crippen molar-refractivity contribution >= 4 is 11.7 Å². The van der Waals surface area contributed by atoms with Gasteiger partial charge in [0.1, 0.15) is 5.82 Å². The maximum absolute atomic E-state index is 12.0. The Morgan fingerprint density at radius 2 is 2.35 bits per heavy atom. The minimum atomic E-state index is -0.130. The second-order valence-electron chi connectivity index (χ2n) is 5.44. The van der Waals surface area contributed by atoms with Gasteiger partial charge >= 0.3 is 0 Å². The Morgan fingerprint density at radius 1 is 1.59 bits per heavy atom. The van der Waals surface area contributed by atoms with Crippen molar-refractivity contribution in [3.63, 3.8) is 0 Å². The first kappa shape index (κ1) is 12.1. The second-order valence-corrected chi connectivity index (χ2v) is 5.44. The fourth-order valence-electron chi connectivity index (χ4n) is 2.05. The molecule has 1 aromatic rings. The summed E-state index contributed by atoms with van der Waals surface area (Å²) in [6.07, 6.45) is 3.69. The largest absolute Gasteiger partial charge is 0.310 e. The minimum Gasteiger partial charge on any atom is -0.310 e. The van der Waals surface area contributed by atoms with E-state index in [1.165, 1.54) is 0 Å². The van der Waals surface area contributed by atoms with Gasteiger partial charge in [0.05, 0.1) is 17.8 Å². The molecule has 1 aliphatic heterocycles. The Kier molecular flexibility index (Phi) is 3.19. The summed E-state index contributed by atoms with van der Waals surface area (Å²) in [4.78, 5) is 12.0. The quantitative estimate of drug-likeness (QED) is 0.814. The molecule has 5 nitrogen and oxygen atoms in total. The second kappa shape index (κ2) is 4.49. The Hall–Kier alpha value is -1.36. The van der Waals surface area contributed by atoms with Gasteiger partial charge in [-0.2, -0.15) is 5.10 Å². The first-order valence-electron chi connectivity index (χ1n) is 6.07. The van der Waals surface area contributed by atoms with Crippen LogP contribution in [0.5, 0.6) is 0 Å². The minimum absolute atomic E-state index is 0.0356. The summed E-state index contributed by atoms with van der Waals surface area (Å²) in [5.74, 6) is 0.796. The van der Waals surface area contributed by atoms with Gasteiger partial charge in [-0.25, -0.2) is 4.68 Å². The molecular weight excluding hydrogens is 216 g/mol. The van der Waals surface area contributed by atoms with Gasteiger partial charge in [0, 0.05) is 6.07 Å². The van der Waals surface area contributed by atoms with Crippen molar-refractivity contribution in [3.05, 3.63) is 12.3 Å². The van der Waals surface area contributed by atoms with Crippen LogP contribution >= 0.6 is 0 Å². The van der Waals surface area contributed by atoms with Crippen LogP contribution in [-0.4, -0.2) is 28.3 Å². The van der Waals surface area contributed by atoms with E-state index in [-0.39, 0.29) is 17.5 Å². The highest BCUT2D eigenvalue weighted by atomic mass is 16.2. The molecule has 1 saturated heterocycles. The van der Waals surface area contributed by atoms with Crippen molar-refractivity contribution in [2.75, 3.05) is 11.9 Å². The van der Waals surface area contributed by atoms with E-state index in [0.717, 1.165) is 25.2 Å². The van der Waals surface area contributed by atoms with E-state index < -0.39 is 0 Å². The summed E-state index contributed by atoms with van der Waals surface area (Å²) in [5.41, 5.74) is -0.130. The lowest BCUT2D eigenvalue weighted by Crippen LogP contribution is -2.37. The summed E-state index contributed by atoms with van der Waals surface area (Å²) in [6, 6.07) is 1.77. The van der Waals surface area contributed by atoms with Gasteiger partial charge in [-0.15, -0.1) is 0 Å². The van der Waals surface area contributed by atoms with Gasteiger partial charge in [-0.1, -0.05) is 0 Å². The van der Waals surface area contributed by atoms with Gasteiger partial charge in [0.15, 0.2) is 0 Å². The lowest BCUT2D eigenvalue weighted by molar-refractivity contribution is -0.117. The molecule has 2 N–H and O–H groups in total. The maximum atomic E-state index is 12.0. The number of hydrogen-bond donors (Lipinski definition) is 2. The molecule has 94 valence electrons. The van der Waals surface area contributed by atoms with E-state index >= 15 is 0 Å². The molecule has 5 heteroatoms. The zero-order chi connectivity index (χ0) is 12.5. The van der Waals surface area contributed by atoms with Crippen LogP contribution in [0.15, 0.2) is 12.3 Å². The summed E-state index contributed by atoms with van der Waals surface area (Å²) in [7, 11) is 0. The molecular formula is C12H20N4O. The number of carbonyl (C=O) groups excluding carboxylic acids is 1. The van der Waals surface area contributed by atoms with Crippen molar-refractivity contribution in [2.45, 2.75) is 45.2 Å². The Morgan fingerprint density at radius 3 is 2.94 bits per heavy atom. The lowest BCUT2D eigenvalue weighted by Gasteiger charge is -2.23. The maximum Gasteiger partial charge on any atom is 0.242 e. The molecule has 0 spiro atoms. The molecule has 1 fully saturated rings. The number of rotatable bonds is 2. The third-order valence-electron chi connectivity index (χ3n) is 2.91. The monoisotopic (exact) mass is 236 g/mol. The van der Waals surface area contributed by atoms with E-state index in [1.54, 1.807) is 6.20 Å². The number of carbonyl (C=O) groups is 1. The molecule has 1 amide bonds. The molecule has 0 saturated carbocycles. The summed E-state index contributed by atoms with van der Waals surface area (Å²) >= 11 is 0. The molecule has 1 aliphatic rings. The zero-order valence-corrected chi connectivity index (χ0v) is 10.7. The molecule has 0 aromatic carbocycles. The molecule has 2 rings (SSSR count). The van der Waals surface area contributed by atoms with E-state index in [2.05, 4.69) is 36.5 Å². The van der Waals surface area contributed by atoms with Gasteiger partial charge in [-0.05, 0) is 40.2 Å². The first-order valence-corrected chi connectivity index (χ1v) is 6.07. The van der Waals surface area contributed by atoms with E-state index in [0.29, 0.717) is 0 Å². The fraction of sp³-hybridized carbons (Fsp3) is 0.667. The smallest absolute Gasteiger partial charge is 0.242 e. The van der Waals surface area contributed by atoms with Gasteiger partial charge in [-0.3, -0.25) is 4.79 Å². The van der Waals surface area contributed by atoms with Crippen LogP contribution in [0, 0.1) is 0 Å². The normalized spacial score (nSPS) is 20.5. The summed E-state index contributed by atoms with van der Waals surface area (Å²) in [5, 5.41) is 10.4. The molecule has 0 unspecified atom stereocenters. The Bertz CT molecular complexity index is 399. The topological polar surface area (TPSA) is 59.0 Å². The lowest BCUT2D eigenvalue weighted by atomic mass is 10.1. The zero-order valence-electron chi connectivity index (χ0n) is 10.7. The SMILES string of the molecule is CC(C)(C)n1nccc1NC(=O)[C@@H]1CCCN1. The highest BCUT2D eigenvalue weighted by Gasteiger charge is 2.24. The van der Waals surface area contributed by atoms with Crippen LogP contribution in [0.2, 0.25) is 0 Å². The molecule has 1 atom stereocenters. The average molecular weight is 236 g/mol. The summed E-state index contributed by atoms with van der Waals surface area (Å²) < 4.78 is 1.83. The van der Waals surface area contributed by atoms with E-state index in [9.17, 15) is 4.79 Å². The third kappa shape index (κ3) is 2.66. The standard InChI is InChI=1S/C12H20N4O/c1-12(2,3)16-10(6-8-14-16)15-11(17)9-5-4-7-13-9/h6,8-9,13H,4-5,7H2,1-3H3,(H,15,17)/t9-/m0/s1. The Labute approximate surface area is 102 Å². The van der Waals surface area contributed by atoms with Crippen LogP contribution in [-0.2, 0) is 10.3 Å². The van der Waals surface area contributed by atoms with Gasteiger partial charge < -0.3 is 10.6 Å². The fourth-order valence-corrected chi connectivity index (χ4v) is 2.05. The van der Waals surface area contributed by atoms with Crippen molar-refractivity contribution in [1.29, 1.82) is 0 Å². The first-order chi connectivity index (χ1) is 7.98. The molecule has 0 radical (unpaired) electrons. The number of nitrogens with one attached hydrogen (secondary N) is 2. The summed E-state index contributed by atoms with van der Waals surface area (Å²) in [6.45, 7) is 7.10.